The molecule has 20 heavy (non-hydrogen) atoms. The van der Waals surface area contributed by atoms with Crippen LogP contribution in [-0.4, -0.2) is 23.0 Å². The van der Waals surface area contributed by atoms with Crippen molar-refractivity contribution >= 4 is 17.4 Å². The number of ether oxygens (including phenoxy) is 1. The minimum atomic E-state index is 0.396. The zero-order chi connectivity index (χ0) is 13.8. The van der Waals surface area contributed by atoms with E-state index in [0.29, 0.717) is 19.5 Å². The molecule has 0 aliphatic rings. The molecule has 3 rings (SSSR count). The summed E-state index contributed by atoms with van der Waals surface area (Å²) in [4.78, 5) is 17.5. The number of pyridine rings is 1. The minimum absolute atomic E-state index is 0.396. The largest absolute Gasteiger partial charge is 0.467 e. The van der Waals surface area contributed by atoms with Crippen molar-refractivity contribution in [2.45, 2.75) is 6.42 Å². The summed E-state index contributed by atoms with van der Waals surface area (Å²) in [6.07, 6.45) is 4.27. The average Bonchev–Trinajstić information content (AvgIpc) is 2.90. The SMILES string of the molecule is O=COCCc1cc2cc(-c3ccncc3)ccc2[nH]1. The number of fused-ring (bicyclic) bond motifs is 1. The van der Waals surface area contributed by atoms with Gasteiger partial charge in [0.15, 0.2) is 0 Å². The zero-order valence-electron chi connectivity index (χ0n) is 10.9. The molecule has 0 saturated heterocycles. The molecule has 0 radical (unpaired) electrons. The number of nitrogens with zero attached hydrogens (tertiary/aromatic N) is 1. The molecule has 0 spiro atoms. The minimum Gasteiger partial charge on any atom is -0.467 e. The standard InChI is InChI=1S/C16H14N2O2/c19-11-20-8-5-15-10-14-9-13(1-2-16(14)18-15)12-3-6-17-7-4-12/h1-4,6-7,9-11,18H,5,8H2. The van der Waals surface area contributed by atoms with Gasteiger partial charge >= 0.3 is 0 Å². The van der Waals surface area contributed by atoms with E-state index in [1.54, 1.807) is 12.4 Å². The number of carbonyl (C=O) groups excluding carboxylic acids is 1. The van der Waals surface area contributed by atoms with Crippen LogP contribution in [0.1, 0.15) is 5.69 Å². The predicted octanol–water partition coefficient (Wildman–Crippen LogP) is 2.95. The van der Waals surface area contributed by atoms with Crippen molar-refractivity contribution in [2.24, 2.45) is 0 Å². The van der Waals surface area contributed by atoms with E-state index >= 15 is 0 Å². The Bertz CT molecular complexity index is 720. The van der Waals surface area contributed by atoms with Crippen molar-refractivity contribution in [1.29, 1.82) is 0 Å². The average molecular weight is 266 g/mol. The summed E-state index contributed by atoms with van der Waals surface area (Å²) >= 11 is 0. The Hall–Kier alpha value is -2.62. The molecule has 3 aromatic rings. The lowest BCUT2D eigenvalue weighted by Gasteiger charge is -2.00. The number of nitrogens with one attached hydrogen (secondary N) is 1. The highest BCUT2D eigenvalue weighted by Crippen LogP contribution is 2.24. The van der Waals surface area contributed by atoms with Crippen LogP contribution in [0.5, 0.6) is 0 Å². The Morgan fingerprint density at radius 2 is 1.95 bits per heavy atom. The number of H-pyrrole nitrogens is 1. The fourth-order valence-electron chi connectivity index (χ4n) is 2.27. The van der Waals surface area contributed by atoms with Gasteiger partial charge in [0.1, 0.15) is 0 Å². The van der Waals surface area contributed by atoms with Crippen molar-refractivity contribution in [3.05, 3.63) is 54.5 Å². The third-order valence-corrected chi connectivity index (χ3v) is 3.25. The number of aromatic nitrogens is 2. The van der Waals surface area contributed by atoms with Crippen LogP contribution in [0.15, 0.2) is 48.8 Å². The first-order valence-electron chi connectivity index (χ1n) is 6.44. The third kappa shape index (κ3) is 2.54. The maximum absolute atomic E-state index is 10.1. The molecule has 0 aliphatic heterocycles. The Balaban J connectivity index is 1.89. The van der Waals surface area contributed by atoms with Gasteiger partial charge in [0, 0.05) is 35.4 Å². The van der Waals surface area contributed by atoms with Crippen LogP contribution in [0.4, 0.5) is 0 Å². The van der Waals surface area contributed by atoms with Crippen LogP contribution >= 0.6 is 0 Å². The molecule has 100 valence electrons. The number of hydrogen-bond acceptors (Lipinski definition) is 3. The lowest BCUT2D eigenvalue weighted by atomic mass is 10.1. The molecule has 0 fully saturated rings. The van der Waals surface area contributed by atoms with E-state index in [2.05, 4.69) is 34.2 Å². The molecule has 0 saturated carbocycles. The number of benzene rings is 1. The first-order valence-corrected chi connectivity index (χ1v) is 6.44. The fourth-order valence-corrected chi connectivity index (χ4v) is 2.27. The summed E-state index contributed by atoms with van der Waals surface area (Å²) in [6, 6.07) is 12.4. The summed E-state index contributed by atoms with van der Waals surface area (Å²) in [7, 11) is 0. The van der Waals surface area contributed by atoms with Crippen LogP contribution in [0.25, 0.3) is 22.0 Å². The van der Waals surface area contributed by atoms with Gasteiger partial charge < -0.3 is 9.72 Å². The van der Waals surface area contributed by atoms with E-state index in [1.165, 1.54) is 0 Å². The molecule has 4 heteroatoms. The van der Waals surface area contributed by atoms with Crippen LogP contribution in [0, 0.1) is 0 Å². The first-order chi connectivity index (χ1) is 9.86. The zero-order valence-corrected chi connectivity index (χ0v) is 10.9. The van der Waals surface area contributed by atoms with Gasteiger partial charge in [-0.15, -0.1) is 0 Å². The highest BCUT2D eigenvalue weighted by atomic mass is 16.5. The highest BCUT2D eigenvalue weighted by molar-refractivity contribution is 5.85. The topological polar surface area (TPSA) is 55.0 Å². The Labute approximate surface area is 116 Å². The second kappa shape index (κ2) is 5.57. The number of rotatable bonds is 5. The van der Waals surface area contributed by atoms with Crippen molar-refractivity contribution in [2.75, 3.05) is 6.61 Å². The summed E-state index contributed by atoms with van der Waals surface area (Å²) < 4.78 is 4.72. The monoisotopic (exact) mass is 266 g/mol. The molecule has 0 aliphatic carbocycles. The summed E-state index contributed by atoms with van der Waals surface area (Å²) in [6.45, 7) is 0.873. The number of hydrogen-bond donors (Lipinski definition) is 1. The molecular weight excluding hydrogens is 252 g/mol. The van der Waals surface area contributed by atoms with Gasteiger partial charge in [-0.05, 0) is 41.5 Å². The fraction of sp³-hybridized carbons (Fsp3) is 0.125. The lowest BCUT2D eigenvalue weighted by molar-refractivity contribution is -0.128. The van der Waals surface area contributed by atoms with Gasteiger partial charge in [-0.3, -0.25) is 9.78 Å². The predicted molar refractivity (Wildman–Crippen MR) is 77.2 cm³/mol. The van der Waals surface area contributed by atoms with Gasteiger partial charge in [0.2, 0.25) is 0 Å². The van der Waals surface area contributed by atoms with E-state index in [1.807, 2.05) is 12.1 Å². The molecular formula is C16H14N2O2. The second-order valence-corrected chi connectivity index (χ2v) is 4.55. The van der Waals surface area contributed by atoms with Gasteiger partial charge in [-0.25, -0.2) is 0 Å². The Morgan fingerprint density at radius 3 is 2.75 bits per heavy atom. The van der Waals surface area contributed by atoms with Crippen LogP contribution in [0.3, 0.4) is 0 Å². The molecule has 0 atom stereocenters. The molecule has 2 aromatic heterocycles. The van der Waals surface area contributed by atoms with Crippen molar-refractivity contribution < 1.29 is 9.53 Å². The summed E-state index contributed by atoms with van der Waals surface area (Å²) in [5.41, 5.74) is 4.46. The molecule has 1 N–H and O–H groups in total. The van der Waals surface area contributed by atoms with Gasteiger partial charge in [-0.1, -0.05) is 6.07 Å². The maximum atomic E-state index is 10.1. The van der Waals surface area contributed by atoms with E-state index in [4.69, 9.17) is 4.74 Å². The van der Waals surface area contributed by atoms with Crippen LogP contribution in [0.2, 0.25) is 0 Å². The van der Waals surface area contributed by atoms with Crippen molar-refractivity contribution in [3.63, 3.8) is 0 Å². The van der Waals surface area contributed by atoms with E-state index in [9.17, 15) is 4.79 Å². The smallest absolute Gasteiger partial charge is 0.293 e. The summed E-state index contributed by atoms with van der Waals surface area (Å²) in [5.74, 6) is 0. The molecule has 0 amide bonds. The summed E-state index contributed by atoms with van der Waals surface area (Å²) in [5, 5.41) is 1.15. The van der Waals surface area contributed by atoms with Crippen molar-refractivity contribution in [1.82, 2.24) is 9.97 Å². The van der Waals surface area contributed by atoms with Crippen LogP contribution < -0.4 is 0 Å². The van der Waals surface area contributed by atoms with E-state index in [-0.39, 0.29) is 0 Å². The number of aromatic amines is 1. The molecule has 0 bridgehead atoms. The third-order valence-electron chi connectivity index (χ3n) is 3.25. The van der Waals surface area contributed by atoms with E-state index in [0.717, 1.165) is 27.7 Å². The Morgan fingerprint density at radius 1 is 1.10 bits per heavy atom. The molecule has 0 unspecified atom stereocenters. The van der Waals surface area contributed by atoms with Gasteiger partial charge in [0.05, 0.1) is 6.61 Å². The number of carbonyl (C=O) groups is 1. The van der Waals surface area contributed by atoms with Gasteiger partial charge in [0.25, 0.3) is 6.47 Å². The highest BCUT2D eigenvalue weighted by Gasteiger charge is 2.03. The second-order valence-electron chi connectivity index (χ2n) is 4.55. The quantitative estimate of drug-likeness (QED) is 0.570. The van der Waals surface area contributed by atoms with Gasteiger partial charge in [-0.2, -0.15) is 0 Å². The normalized spacial score (nSPS) is 10.6. The van der Waals surface area contributed by atoms with Crippen LogP contribution in [-0.2, 0) is 16.0 Å². The van der Waals surface area contributed by atoms with Crippen molar-refractivity contribution in [3.8, 4) is 11.1 Å². The molecule has 4 nitrogen and oxygen atoms in total. The first kappa shape index (κ1) is 12.4. The lowest BCUT2D eigenvalue weighted by Crippen LogP contribution is -1.96. The molecule has 2 heterocycles. The maximum Gasteiger partial charge on any atom is 0.293 e. The Kier molecular flexibility index (Phi) is 3.46. The van der Waals surface area contributed by atoms with E-state index < -0.39 is 0 Å². The molecule has 1 aromatic carbocycles.